The average molecular weight is 327 g/mol. The zero-order valence-corrected chi connectivity index (χ0v) is 13.8. The second kappa shape index (κ2) is 5.18. The van der Waals surface area contributed by atoms with Gasteiger partial charge in [0, 0.05) is 11.3 Å². The van der Waals surface area contributed by atoms with E-state index in [1.54, 1.807) is 17.7 Å². The van der Waals surface area contributed by atoms with Crippen LogP contribution in [0.2, 0.25) is 0 Å². The Kier molecular flexibility index (Phi) is 3.25. The van der Waals surface area contributed by atoms with Gasteiger partial charge in [-0.25, -0.2) is 9.66 Å². The van der Waals surface area contributed by atoms with E-state index in [0.717, 1.165) is 27.4 Å². The van der Waals surface area contributed by atoms with E-state index in [4.69, 9.17) is 4.74 Å². The summed E-state index contributed by atoms with van der Waals surface area (Å²) in [6.45, 7) is 4.65. The van der Waals surface area contributed by atoms with Gasteiger partial charge in [-0.1, -0.05) is 18.2 Å². The van der Waals surface area contributed by atoms with Crippen molar-refractivity contribution in [1.29, 1.82) is 0 Å². The lowest BCUT2D eigenvalue weighted by atomic mass is 9.94. The molecule has 5 nitrogen and oxygen atoms in total. The van der Waals surface area contributed by atoms with Crippen molar-refractivity contribution in [2.75, 3.05) is 5.43 Å². The fourth-order valence-corrected chi connectivity index (χ4v) is 3.93. The summed E-state index contributed by atoms with van der Waals surface area (Å²) in [5.41, 5.74) is 4.72. The molecule has 1 aliphatic heterocycles. The number of hydrogen-bond acceptors (Lipinski definition) is 5. The van der Waals surface area contributed by atoms with E-state index in [1.165, 1.54) is 4.68 Å². The van der Waals surface area contributed by atoms with Crippen molar-refractivity contribution >= 4 is 27.2 Å². The Hall–Kier alpha value is -2.18. The van der Waals surface area contributed by atoms with Crippen LogP contribution in [-0.2, 0) is 17.8 Å². The number of ether oxygens (including phenoxy) is 1. The van der Waals surface area contributed by atoms with Crippen molar-refractivity contribution in [2.24, 2.45) is 0 Å². The van der Waals surface area contributed by atoms with Gasteiger partial charge in [0.2, 0.25) is 0 Å². The maximum Gasteiger partial charge on any atom is 0.281 e. The minimum absolute atomic E-state index is 0.0611. The SMILES string of the molecule is CC1(C)Cc2c(sc3ncn(Nc4ccccc4)c(=O)c23)CO1. The van der Waals surface area contributed by atoms with Gasteiger partial charge >= 0.3 is 0 Å². The van der Waals surface area contributed by atoms with Gasteiger partial charge in [-0.3, -0.25) is 10.2 Å². The Labute approximate surface area is 137 Å². The number of anilines is 1. The normalized spacial score (nSPS) is 16.3. The average Bonchev–Trinajstić information content (AvgIpc) is 2.88. The van der Waals surface area contributed by atoms with E-state index >= 15 is 0 Å². The highest BCUT2D eigenvalue weighted by molar-refractivity contribution is 7.18. The molecule has 0 unspecified atom stereocenters. The van der Waals surface area contributed by atoms with Crippen molar-refractivity contribution in [2.45, 2.75) is 32.5 Å². The molecule has 0 saturated carbocycles. The van der Waals surface area contributed by atoms with Crippen molar-refractivity contribution in [3.05, 3.63) is 57.5 Å². The number of hydrogen-bond donors (Lipinski definition) is 1. The fraction of sp³-hybridized carbons (Fsp3) is 0.294. The van der Waals surface area contributed by atoms with E-state index < -0.39 is 0 Å². The molecule has 118 valence electrons. The summed E-state index contributed by atoms with van der Waals surface area (Å²) in [7, 11) is 0. The number of nitrogens with one attached hydrogen (secondary N) is 1. The lowest BCUT2D eigenvalue weighted by molar-refractivity contribution is -0.0379. The van der Waals surface area contributed by atoms with Crippen molar-refractivity contribution in [3.63, 3.8) is 0 Å². The molecular formula is C17H17N3O2S. The largest absolute Gasteiger partial charge is 0.370 e. The number of fused-ring (bicyclic) bond motifs is 3. The summed E-state index contributed by atoms with van der Waals surface area (Å²) in [5.74, 6) is 0. The fourth-order valence-electron chi connectivity index (χ4n) is 2.86. The molecule has 2 aromatic heterocycles. The molecule has 0 fully saturated rings. The maximum absolute atomic E-state index is 12.9. The predicted molar refractivity (Wildman–Crippen MR) is 91.9 cm³/mol. The Morgan fingerprint density at radius 2 is 2.09 bits per heavy atom. The molecule has 4 rings (SSSR count). The minimum atomic E-state index is -0.249. The van der Waals surface area contributed by atoms with Gasteiger partial charge in [0.05, 0.1) is 23.3 Å². The number of nitrogens with zero attached hydrogens (tertiary/aromatic N) is 2. The molecule has 1 N–H and O–H groups in total. The molecule has 23 heavy (non-hydrogen) atoms. The van der Waals surface area contributed by atoms with Crippen LogP contribution in [0, 0.1) is 0 Å². The molecule has 3 heterocycles. The molecular weight excluding hydrogens is 310 g/mol. The Morgan fingerprint density at radius 1 is 1.30 bits per heavy atom. The maximum atomic E-state index is 12.9. The summed E-state index contributed by atoms with van der Waals surface area (Å²) in [4.78, 5) is 19.3. The highest BCUT2D eigenvalue weighted by Gasteiger charge is 2.30. The van der Waals surface area contributed by atoms with Gasteiger partial charge in [0.1, 0.15) is 11.2 Å². The number of para-hydroxylation sites is 1. The number of benzene rings is 1. The first-order valence-electron chi connectivity index (χ1n) is 7.51. The van der Waals surface area contributed by atoms with Crippen LogP contribution in [0.4, 0.5) is 5.69 Å². The minimum Gasteiger partial charge on any atom is -0.370 e. The Balaban J connectivity index is 1.83. The van der Waals surface area contributed by atoms with Gasteiger partial charge in [-0.15, -0.1) is 11.3 Å². The third kappa shape index (κ3) is 2.54. The van der Waals surface area contributed by atoms with Gasteiger partial charge in [-0.2, -0.15) is 0 Å². The van der Waals surface area contributed by atoms with E-state index in [1.807, 2.05) is 30.3 Å². The van der Waals surface area contributed by atoms with Crippen LogP contribution in [0.25, 0.3) is 10.2 Å². The lowest BCUT2D eigenvalue weighted by Gasteiger charge is -2.29. The number of aromatic nitrogens is 2. The first-order valence-corrected chi connectivity index (χ1v) is 8.33. The lowest BCUT2D eigenvalue weighted by Crippen LogP contribution is -2.32. The van der Waals surface area contributed by atoms with Crippen LogP contribution in [0.15, 0.2) is 41.5 Å². The van der Waals surface area contributed by atoms with Gasteiger partial charge in [0.25, 0.3) is 5.56 Å². The summed E-state index contributed by atoms with van der Waals surface area (Å²) < 4.78 is 7.30. The van der Waals surface area contributed by atoms with E-state index in [9.17, 15) is 4.79 Å². The topological polar surface area (TPSA) is 56.2 Å². The molecule has 3 aromatic rings. The predicted octanol–water partition coefficient (Wildman–Crippen LogP) is 3.18. The second-order valence-corrected chi connectivity index (χ2v) is 7.39. The van der Waals surface area contributed by atoms with Crippen molar-refractivity contribution in [3.8, 4) is 0 Å². The van der Waals surface area contributed by atoms with Gasteiger partial charge < -0.3 is 4.74 Å². The quantitative estimate of drug-likeness (QED) is 0.785. The smallest absolute Gasteiger partial charge is 0.281 e. The van der Waals surface area contributed by atoms with E-state index in [2.05, 4.69) is 24.3 Å². The van der Waals surface area contributed by atoms with Crippen LogP contribution in [0.3, 0.4) is 0 Å². The zero-order valence-electron chi connectivity index (χ0n) is 13.0. The Morgan fingerprint density at radius 3 is 2.87 bits per heavy atom. The second-order valence-electron chi connectivity index (χ2n) is 6.31. The van der Waals surface area contributed by atoms with E-state index in [0.29, 0.717) is 12.0 Å². The van der Waals surface area contributed by atoms with Crippen molar-refractivity contribution in [1.82, 2.24) is 9.66 Å². The summed E-state index contributed by atoms with van der Waals surface area (Å²) in [5, 5.41) is 0.715. The van der Waals surface area contributed by atoms with Crippen LogP contribution in [-0.4, -0.2) is 15.3 Å². The first kappa shape index (κ1) is 14.4. The van der Waals surface area contributed by atoms with Crippen LogP contribution in [0.1, 0.15) is 24.3 Å². The molecule has 0 atom stereocenters. The number of rotatable bonds is 2. The molecule has 0 bridgehead atoms. The van der Waals surface area contributed by atoms with Crippen LogP contribution >= 0.6 is 11.3 Å². The molecule has 0 saturated heterocycles. The molecule has 0 spiro atoms. The molecule has 0 amide bonds. The van der Waals surface area contributed by atoms with Crippen LogP contribution < -0.4 is 11.0 Å². The summed E-state index contributed by atoms with van der Waals surface area (Å²) >= 11 is 1.55. The monoisotopic (exact) mass is 327 g/mol. The molecule has 0 radical (unpaired) electrons. The summed E-state index contributed by atoms with van der Waals surface area (Å²) in [6, 6.07) is 9.61. The van der Waals surface area contributed by atoms with Gasteiger partial charge in [-0.05, 0) is 31.5 Å². The first-order chi connectivity index (χ1) is 11.0. The highest BCUT2D eigenvalue weighted by atomic mass is 32.1. The van der Waals surface area contributed by atoms with Crippen LogP contribution in [0.5, 0.6) is 0 Å². The third-order valence-electron chi connectivity index (χ3n) is 4.02. The highest BCUT2D eigenvalue weighted by Crippen LogP contribution is 2.36. The zero-order chi connectivity index (χ0) is 16.0. The Bertz CT molecular complexity index is 928. The standard InChI is InChI=1S/C17H17N3O2S/c1-17(2)8-12-13(9-22-17)23-15-14(12)16(21)20(10-18-15)19-11-6-4-3-5-7-11/h3-7,10,19H,8-9H2,1-2H3. The molecule has 1 aliphatic rings. The summed E-state index contributed by atoms with van der Waals surface area (Å²) in [6.07, 6.45) is 2.28. The van der Waals surface area contributed by atoms with Crippen molar-refractivity contribution < 1.29 is 4.74 Å². The van der Waals surface area contributed by atoms with Gasteiger partial charge in [0.15, 0.2) is 0 Å². The molecule has 1 aromatic carbocycles. The molecule has 6 heteroatoms. The molecule has 0 aliphatic carbocycles. The number of thiophene rings is 1. The van der Waals surface area contributed by atoms with E-state index in [-0.39, 0.29) is 11.2 Å². The third-order valence-corrected chi connectivity index (χ3v) is 5.13.